The second kappa shape index (κ2) is 6.29. The molecule has 1 saturated heterocycles. The summed E-state index contributed by atoms with van der Waals surface area (Å²) in [6.45, 7) is 8.29. The van der Waals surface area contributed by atoms with Crippen LogP contribution in [0.1, 0.15) is 48.2 Å². The van der Waals surface area contributed by atoms with Crippen LogP contribution < -0.4 is 5.32 Å². The van der Waals surface area contributed by atoms with Crippen molar-refractivity contribution in [3.05, 3.63) is 70.8 Å². The summed E-state index contributed by atoms with van der Waals surface area (Å²) in [5.41, 5.74) is 4.87. The SMILES string of the molecule is Cc1cccc([C@H]2N[C@H](c3cccc(C)c3)[C@H](C)C(=O)[C@H]2C)c1. The monoisotopic (exact) mass is 307 g/mol. The van der Waals surface area contributed by atoms with Crippen LogP contribution in [-0.4, -0.2) is 5.78 Å². The second-order valence-corrected chi connectivity index (χ2v) is 6.93. The maximum atomic E-state index is 12.8. The van der Waals surface area contributed by atoms with Gasteiger partial charge in [-0.2, -0.15) is 0 Å². The Morgan fingerprint density at radius 3 is 1.61 bits per heavy atom. The first-order valence-electron chi connectivity index (χ1n) is 8.40. The van der Waals surface area contributed by atoms with Crippen molar-refractivity contribution in [3.63, 3.8) is 0 Å². The quantitative estimate of drug-likeness (QED) is 0.883. The summed E-state index contributed by atoms with van der Waals surface area (Å²) in [5.74, 6) is 0.336. The Balaban J connectivity index is 1.97. The van der Waals surface area contributed by atoms with E-state index in [0.29, 0.717) is 5.78 Å². The number of aryl methyl sites for hydroxylation is 2. The summed E-state index contributed by atoms with van der Waals surface area (Å²) in [7, 11) is 0. The molecule has 1 fully saturated rings. The number of ketones is 1. The fraction of sp³-hybridized carbons (Fsp3) is 0.381. The average Bonchev–Trinajstić information content (AvgIpc) is 2.53. The van der Waals surface area contributed by atoms with Gasteiger partial charge in [0, 0.05) is 23.9 Å². The van der Waals surface area contributed by atoms with Crippen molar-refractivity contribution < 1.29 is 4.79 Å². The highest BCUT2D eigenvalue weighted by atomic mass is 16.1. The van der Waals surface area contributed by atoms with Gasteiger partial charge in [0.1, 0.15) is 5.78 Å². The Morgan fingerprint density at radius 2 is 1.22 bits per heavy atom. The van der Waals surface area contributed by atoms with Crippen molar-refractivity contribution in [2.24, 2.45) is 11.8 Å². The molecule has 1 aliphatic heterocycles. The molecular formula is C21H25NO. The number of benzene rings is 2. The number of piperidine rings is 1. The zero-order valence-corrected chi connectivity index (χ0v) is 14.3. The van der Waals surface area contributed by atoms with Gasteiger partial charge in [-0.3, -0.25) is 4.79 Å². The molecule has 1 aliphatic rings. The molecule has 0 amide bonds. The lowest BCUT2D eigenvalue weighted by Gasteiger charge is -2.39. The third kappa shape index (κ3) is 3.09. The van der Waals surface area contributed by atoms with Crippen LogP contribution in [0.2, 0.25) is 0 Å². The Hall–Kier alpha value is -1.93. The van der Waals surface area contributed by atoms with Crippen molar-refractivity contribution in [1.29, 1.82) is 0 Å². The average molecular weight is 307 g/mol. The van der Waals surface area contributed by atoms with Crippen molar-refractivity contribution >= 4 is 5.78 Å². The number of hydrogen-bond donors (Lipinski definition) is 1. The summed E-state index contributed by atoms with van der Waals surface area (Å²) in [6.07, 6.45) is 0. The first kappa shape index (κ1) is 15.9. The third-order valence-electron chi connectivity index (χ3n) is 5.06. The van der Waals surface area contributed by atoms with Crippen LogP contribution in [0, 0.1) is 25.7 Å². The normalized spacial score (nSPS) is 27.9. The van der Waals surface area contributed by atoms with E-state index >= 15 is 0 Å². The number of Topliss-reactive ketones (excluding diaryl/α,β-unsaturated/α-hetero) is 1. The van der Waals surface area contributed by atoms with Crippen LogP contribution in [0.4, 0.5) is 0 Å². The molecule has 3 rings (SSSR count). The Bertz CT molecular complexity index is 662. The number of carbonyl (C=O) groups excluding carboxylic acids is 1. The van der Waals surface area contributed by atoms with Crippen LogP contribution >= 0.6 is 0 Å². The molecule has 0 radical (unpaired) electrons. The topological polar surface area (TPSA) is 29.1 Å². The van der Waals surface area contributed by atoms with Crippen LogP contribution in [0.5, 0.6) is 0 Å². The molecule has 23 heavy (non-hydrogen) atoms. The maximum Gasteiger partial charge on any atom is 0.142 e. The van der Waals surface area contributed by atoms with Gasteiger partial charge in [-0.05, 0) is 25.0 Å². The van der Waals surface area contributed by atoms with E-state index in [4.69, 9.17) is 0 Å². The molecule has 2 aromatic carbocycles. The minimum atomic E-state index is -0.00661. The van der Waals surface area contributed by atoms with Gasteiger partial charge in [-0.15, -0.1) is 0 Å². The molecular weight excluding hydrogens is 282 g/mol. The first-order chi connectivity index (χ1) is 11.0. The number of hydrogen-bond acceptors (Lipinski definition) is 2. The summed E-state index contributed by atoms with van der Waals surface area (Å²) < 4.78 is 0. The van der Waals surface area contributed by atoms with Gasteiger partial charge in [0.25, 0.3) is 0 Å². The first-order valence-corrected chi connectivity index (χ1v) is 8.40. The van der Waals surface area contributed by atoms with E-state index in [-0.39, 0.29) is 23.9 Å². The van der Waals surface area contributed by atoms with Gasteiger partial charge in [0.2, 0.25) is 0 Å². The van der Waals surface area contributed by atoms with Gasteiger partial charge in [0.15, 0.2) is 0 Å². The second-order valence-electron chi connectivity index (χ2n) is 6.93. The molecule has 4 atom stereocenters. The van der Waals surface area contributed by atoms with Crippen molar-refractivity contribution in [1.82, 2.24) is 5.32 Å². The molecule has 120 valence electrons. The maximum absolute atomic E-state index is 12.8. The van der Waals surface area contributed by atoms with Crippen LogP contribution in [-0.2, 0) is 4.79 Å². The van der Waals surface area contributed by atoms with E-state index in [1.54, 1.807) is 0 Å². The lowest BCUT2D eigenvalue weighted by atomic mass is 9.76. The van der Waals surface area contributed by atoms with Gasteiger partial charge in [-0.1, -0.05) is 73.5 Å². The molecule has 0 bridgehead atoms. The number of carbonyl (C=O) groups is 1. The van der Waals surface area contributed by atoms with E-state index in [2.05, 4.69) is 67.7 Å². The minimum Gasteiger partial charge on any atom is -0.302 e. The Morgan fingerprint density at radius 1 is 0.783 bits per heavy atom. The fourth-order valence-corrected chi connectivity index (χ4v) is 3.72. The highest BCUT2D eigenvalue weighted by molar-refractivity contribution is 5.85. The Kier molecular flexibility index (Phi) is 4.36. The lowest BCUT2D eigenvalue weighted by Crippen LogP contribution is -2.46. The van der Waals surface area contributed by atoms with Gasteiger partial charge in [-0.25, -0.2) is 0 Å². The highest BCUT2D eigenvalue weighted by Crippen LogP contribution is 2.38. The summed E-state index contributed by atoms with van der Waals surface area (Å²) >= 11 is 0. The zero-order valence-electron chi connectivity index (χ0n) is 14.3. The van der Waals surface area contributed by atoms with Crippen LogP contribution in [0.25, 0.3) is 0 Å². The summed E-state index contributed by atoms with van der Waals surface area (Å²) in [5, 5.41) is 3.75. The van der Waals surface area contributed by atoms with Crippen LogP contribution in [0.3, 0.4) is 0 Å². The van der Waals surface area contributed by atoms with E-state index in [1.807, 2.05) is 13.8 Å². The smallest absolute Gasteiger partial charge is 0.142 e. The van der Waals surface area contributed by atoms with Crippen LogP contribution in [0.15, 0.2) is 48.5 Å². The molecule has 0 aliphatic carbocycles. The molecule has 1 N–H and O–H groups in total. The van der Waals surface area contributed by atoms with Gasteiger partial charge in [0.05, 0.1) is 0 Å². The van der Waals surface area contributed by atoms with E-state index in [1.165, 1.54) is 22.3 Å². The molecule has 0 spiro atoms. The predicted octanol–water partition coefficient (Wildman–Crippen LogP) is 4.53. The largest absolute Gasteiger partial charge is 0.302 e. The summed E-state index contributed by atoms with van der Waals surface area (Å²) in [6, 6.07) is 17.1. The van der Waals surface area contributed by atoms with E-state index in [0.717, 1.165) is 0 Å². The number of nitrogens with one attached hydrogen (secondary N) is 1. The Labute approximate surface area is 138 Å². The standard InChI is InChI=1S/C21H25NO/c1-13-7-5-9-17(11-13)19-15(3)21(23)16(4)20(22-19)18-10-6-8-14(2)12-18/h5-12,15-16,19-20,22H,1-4H3/t15-,16-,19-,20-/m0/s1. The molecule has 2 heteroatoms. The lowest BCUT2D eigenvalue weighted by molar-refractivity contribution is -0.130. The van der Waals surface area contributed by atoms with Crippen molar-refractivity contribution in [3.8, 4) is 0 Å². The van der Waals surface area contributed by atoms with Crippen molar-refractivity contribution in [2.45, 2.75) is 39.8 Å². The fourth-order valence-electron chi connectivity index (χ4n) is 3.72. The third-order valence-corrected chi connectivity index (χ3v) is 5.06. The predicted molar refractivity (Wildman–Crippen MR) is 94.3 cm³/mol. The number of rotatable bonds is 2. The van der Waals surface area contributed by atoms with E-state index < -0.39 is 0 Å². The molecule has 0 aromatic heterocycles. The minimum absolute atomic E-state index is 0.00661. The van der Waals surface area contributed by atoms with Gasteiger partial charge < -0.3 is 5.32 Å². The zero-order chi connectivity index (χ0) is 16.6. The molecule has 0 unspecified atom stereocenters. The molecule has 2 aromatic rings. The van der Waals surface area contributed by atoms with E-state index in [9.17, 15) is 4.79 Å². The highest BCUT2D eigenvalue weighted by Gasteiger charge is 2.40. The molecule has 0 saturated carbocycles. The van der Waals surface area contributed by atoms with Crippen molar-refractivity contribution in [2.75, 3.05) is 0 Å². The molecule has 2 nitrogen and oxygen atoms in total. The summed E-state index contributed by atoms with van der Waals surface area (Å²) in [4.78, 5) is 12.8. The molecule has 1 heterocycles. The van der Waals surface area contributed by atoms with Gasteiger partial charge >= 0.3 is 0 Å².